The van der Waals surface area contributed by atoms with Crippen LogP contribution in [0.25, 0.3) is 0 Å². The van der Waals surface area contributed by atoms with Gasteiger partial charge >= 0.3 is 0 Å². The molecule has 0 radical (unpaired) electrons. The van der Waals surface area contributed by atoms with Gasteiger partial charge in [-0.2, -0.15) is 0 Å². The third kappa shape index (κ3) is 2.85. The zero-order valence-electron chi connectivity index (χ0n) is 11.6. The Balaban J connectivity index is 3.28. The highest BCUT2D eigenvalue weighted by Crippen LogP contribution is 2.36. The van der Waals surface area contributed by atoms with E-state index >= 15 is 0 Å². The van der Waals surface area contributed by atoms with E-state index in [4.69, 9.17) is 16.3 Å². The van der Waals surface area contributed by atoms with Crippen molar-refractivity contribution in [2.75, 3.05) is 20.7 Å². The van der Waals surface area contributed by atoms with Gasteiger partial charge in [-0.1, -0.05) is 11.6 Å². The second-order valence-corrected chi connectivity index (χ2v) is 4.94. The van der Waals surface area contributed by atoms with Crippen molar-refractivity contribution in [3.63, 3.8) is 0 Å². The predicted molar refractivity (Wildman–Crippen MR) is 74.6 cm³/mol. The summed E-state index contributed by atoms with van der Waals surface area (Å²) in [4.78, 5) is 12.5. The summed E-state index contributed by atoms with van der Waals surface area (Å²) >= 11 is 6.33. The lowest BCUT2D eigenvalue weighted by atomic mass is 9.98. The molecule has 0 heterocycles. The van der Waals surface area contributed by atoms with Crippen LogP contribution in [0, 0.1) is 20.8 Å². The van der Waals surface area contributed by atoms with Gasteiger partial charge < -0.3 is 9.53 Å². The molecule has 0 N–H and O–H groups in total. The Labute approximate surface area is 114 Å². The Hall–Kier alpha value is -1.06. The van der Waals surface area contributed by atoms with E-state index in [-0.39, 0.29) is 0 Å². The summed E-state index contributed by atoms with van der Waals surface area (Å²) in [6.07, 6.45) is 0.893. The van der Waals surface area contributed by atoms with Gasteiger partial charge in [-0.3, -0.25) is 4.90 Å². The number of carbonyl (C=O) groups excluding carboxylic acids is 1. The molecule has 4 heteroatoms. The first kappa shape index (κ1) is 15.0. The maximum Gasteiger partial charge on any atom is 0.133 e. The molecule has 0 aromatic heterocycles. The number of ether oxygens (including phenoxy) is 1. The minimum Gasteiger partial charge on any atom is -0.496 e. The topological polar surface area (TPSA) is 29.5 Å². The van der Waals surface area contributed by atoms with E-state index in [2.05, 4.69) is 0 Å². The Morgan fingerprint density at radius 1 is 1.22 bits per heavy atom. The van der Waals surface area contributed by atoms with Crippen molar-refractivity contribution in [1.29, 1.82) is 0 Å². The molecule has 0 unspecified atom stereocenters. The number of carbonyl (C=O) groups is 1. The molecule has 0 aliphatic rings. The minimum absolute atomic E-state index is 0.396. The number of hydrogen-bond acceptors (Lipinski definition) is 3. The van der Waals surface area contributed by atoms with E-state index in [0.717, 1.165) is 39.3 Å². The number of benzene rings is 1. The van der Waals surface area contributed by atoms with Crippen LogP contribution in [0.5, 0.6) is 5.75 Å². The molecule has 1 aromatic rings. The second-order valence-electron chi connectivity index (χ2n) is 4.56. The summed E-state index contributed by atoms with van der Waals surface area (Å²) in [5.74, 6) is 0.868. The molecule has 0 aliphatic heterocycles. The standard InChI is InChI=1S/C14H20ClNO2/c1-9-10(2)14(18-5)12(11(3)13(9)15)8-16(4)6-7-17/h7H,6,8H2,1-5H3. The molecule has 0 aliphatic carbocycles. The first-order chi connectivity index (χ1) is 8.43. The van der Waals surface area contributed by atoms with Crippen LogP contribution >= 0.6 is 11.6 Å². The van der Waals surface area contributed by atoms with Crippen molar-refractivity contribution in [2.45, 2.75) is 27.3 Å². The van der Waals surface area contributed by atoms with Crippen LogP contribution in [0.2, 0.25) is 5.02 Å². The number of halogens is 1. The van der Waals surface area contributed by atoms with Crippen molar-refractivity contribution in [3.8, 4) is 5.75 Å². The van der Waals surface area contributed by atoms with E-state index in [1.54, 1.807) is 7.11 Å². The number of hydrogen-bond donors (Lipinski definition) is 0. The van der Waals surface area contributed by atoms with Gasteiger partial charge in [-0.15, -0.1) is 0 Å². The molecule has 0 spiro atoms. The maximum absolute atomic E-state index is 10.5. The van der Waals surface area contributed by atoms with Crippen LogP contribution in [0.3, 0.4) is 0 Å². The lowest BCUT2D eigenvalue weighted by Crippen LogP contribution is -2.21. The van der Waals surface area contributed by atoms with Crippen LogP contribution in [0.15, 0.2) is 0 Å². The molecular weight excluding hydrogens is 250 g/mol. The first-order valence-electron chi connectivity index (χ1n) is 5.88. The van der Waals surface area contributed by atoms with Crippen LogP contribution in [0.4, 0.5) is 0 Å². The third-order valence-corrected chi connectivity index (χ3v) is 3.87. The van der Waals surface area contributed by atoms with Crippen molar-refractivity contribution < 1.29 is 9.53 Å². The van der Waals surface area contributed by atoms with Gasteiger partial charge in [0.2, 0.25) is 0 Å². The number of nitrogens with zero attached hydrogens (tertiary/aromatic N) is 1. The average Bonchev–Trinajstić information content (AvgIpc) is 2.34. The normalized spacial score (nSPS) is 10.8. The summed E-state index contributed by atoms with van der Waals surface area (Å²) in [6.45, 7) is 7.03. The minimum atomic E-state index is 0.396. The van der Waals surface area contributed by atoms with E-state index in [1.165, 1.54) is 0 Å². The predicted octanol–water partition coefficient (Wildman–Crippen LogP) is 2.90. The smallest absolute Gasteiger partial charge is 0.133 e. The van der Waals surface area contributed by atoms with Crippen molar-refractivity contribution >= 4 is 17.9 Å². The lowest BCUT2D eigenvalue weighted by molar-refractivity contribution is -0.108. The largest absolute Gasteiger partial charge is 0.496 e. The summed E-state index contributed by atoms with van der Waals surface area (Å²) in [7, 11) is 3.56. The zero-order chi connectivity index (χ0) is 13.9. The second kappa shape index (κ2) is 6.21. The third-order valence-electron chi connectivity index (χ3n) is 3.31. The Morgan fingerprint density at radius 3 is 2.33 bits per heavy atom. The van der Waals surface area contributed by atoms with Crippen molar-refractivity contribution in [2.24, 2.45) is 0 Å². The van der Waals surface area contributed by atoms with Gasteiger partial charge in [-0.25, -0.2) is 0 Å². The molecule has 18 heavy (non-hydrogen) atoms. The highest BCUT2D eigenvalue weighted by atomic mass is 35.5. The summed E-state index contributed by atoms with van der Waals surface area (Å²) in [5.41, 5.74) is 4.18. The first-order valence-corrected chi connectivity index (χ1v) is 6.26. The lowest BCUT2D eigenvalue weighted by Gasteiger charge is -2.22. The van der Waals surface area contributed by atoms with Gasteiger partial charge in [-0.05, 0) is 44.5 Å². The molecular formula is C14H20ClNO2. The van der Waals surface area contributed by atoms with Crippen LogP contribution in [-0.4, -0.2) is 31.9 Å². The monoisotopic (exact) mass is 269 g/mol. The van der Waals surface area contributed by atoms with E-state index in [9.17, 15) is 4.79 Å². The van der Waals surface area contributed by atoms with E-state index in [1.807, 2.05) is 32.7 Å². The Morgan fingerprint density at radius 2 is 1.83 bits per heavy atom. The highest BCUT2D eigenvalue weighted by molar-refractivity contribution is 6.32. The number of aldehydes is 1. The van der Waals surface area contributed by atoms with Gasteiger partial charge in [0.1, 0.15) is 12.0 Å². The molecule has 0 atom stereocenters. The molecule has 3 nitrogen and oxygen atoms in total. The summed E-state index contributed by atoms with van der Waals surface area (Å²) in [5, 5.41) is 0.780. The average molecular weight is 270 g/mol. The van der Waals surface area contributed by atoms with Crippen molar-refractivity contribution in [1.82, 2.24) is 4.90 Å². The van der Waals surface area contributed by atoms with E-state index < -0.39 is 0 Å². The van der Waals surface area contributed by atoms with Gasteiger partial charge in [0.05, 0.1) is 13.7 Å². The maximum atomic E-state index is 10.5. The molecule has 0 saturated carbocycles. The van der Waals surface area contributed by atoms with E-state index in [0.29, 0.717) is 13.1 Å². The van der Waals surface area contributed by atoms with Crippen molar-refractivity contribution in [3.05, 3.63) is 27.3 Å². The molecule has 0 bridgehead atoms. The molecule has 0 amide bonds. The molecule has 1 rings (SSSR count). The molecule has 0 fully saturated rings. The quantitative estimate of drug-likeness (QED) is 0.770. The number of methoxy groups -OCH3 is 1. The van der Waals surface area contributed by atoms with Gasteiger partial charge in [0, 0.05) is 17.1 Å². The zero-order valence-corrected chi connectivity index (χ0v) is 12.4. The fourth-order valence-electron chi connectivity index (χ4n) is 2.07. The summed E-state index contributed by atoms with van der Waals surface area (Å²) < 4.78 is 5.50. The Bertz CT molecular complexity index is 458. The highest BCUT2D eigenvalue weighted by Gasteiger charge is 2.17. The Kier molecular flexibility index (Phi) is 5.17. The number of rotatable bonds is 5. The molecule has 1 aromatic carbocycles. The fourth-order valence-corrected chi connectivity index (χ4v) is 2.33. The summed E-state index contributed by atoms with van der Waals surface area (Å²) in [6, 6.07) is 0. The fraction of sp³-hybridized carbons (Fsp3) is 0.500. The van der Waals surface area contributed by atoms with Gasteiger partial charge in [0.25, 0.3) is 0 Å². The number of likely N-dealkylation sites (N-methyl/N-ethyl adjacent to an activating group) is 1. The van der Waals surface area contributed by atoms with Crippen LogP contribution < -0.4 is 4.74 Å². The van der Waals surface area contributed by atoms with Gasteiger partial charge in [0.15, 0.2) is 0 Å². The molecule has 0 saturated heterocycles. The SMILES string of the molecule is COc1c(C)c(C)c(Cl)c(C)c1CN(C)CC=O. The molecule has 100 valence electrons. The van der Waals surface area contributed by atoms with Crippen LogP contribution in [-0.2, 0) is 11.3 Å². The van der Waals surface area contributed by atoms with Crippen LogP contribution in [0.1, 0.15) is 22.3 Å².